The minimum absolute atomic E-state index is 1.11. The Morgan fingerprint density at radius 1 is 0.867 bits per heavy atom. The van der Waals surface area contributed by atoms with Crippen molar-refractivity contribution in [3.63, 3.8) is 0 Å². The van der Waals surface area contributed by atoms with Gasteiger partial charge in [-0.25, -0.2) is 0 Å². The van der Waals surface area contributed by atoms with Gasteiger partial charge in [-0.15, -0.1) is 0 Å². The number of rotatable bonds is 4. The number of nitrogens with zero attached hydrogens (tertiary/aromatic N) is 2. The zero-order chi connectivity index (χ0) is 10.7. The minimum atomic E-state index is 1.11. The van der Waals surface area contributed by atoms with Crippen LogP contribution in [-0.4, -0.2) is 13.1 Å². The molecule has 0 saturated heterocycles. The molecule has 0 aromatic heterocycles. The Morgan fingerprint density at radius 2 is 1.33 bits per heavy atom. The largest absolute Gasteiger partial charge is 0.346 e. The molecule has 0 fully saturated rings. The molecule has 0 saturated carbocycles. The summed E-state index contributed by atoms with van der Waals surface area (Å²) in [6, 6.07) is 8.64. The molecule has 1 aromatic rings. The molecule has 1 aliphatic rings. The Labute approximate surface area is 92.5 Å². The van der Waals surface area contributed by atoms with Gasteiger partial charge in [0.2, 0.25) is 0 Å². The van der Waals surface area contributed by atoms with Crippen LogP contribution in [0.5, 0.6) is 0 Å². The zero-order valence-electron chi connectivity index (χ0n) is 9.61. The number of fused-ring (bicyclic) bond motifs is 1. The Hall–Kier alpha value is -1.18. The van der Waals surface area contributed by atoms with Crippen molar-refractivity contribution in [2.45, 2.75) is 26.7 Å². The standard InChI is InChI=1S/C13H19N2/c1-3-9-14-11-15(10-4-2)13-8-6-5-7-12(13)14/h5-8,11H,3-4,9-10H2,1-2H3. The van der Waals surface area contributed by atoms with Crippen LogP contribution in [0.2, 0.25) is 0 Å². The molecule has 1 aliphatic heterocycles. The zero-order valence-corrected chi connectivity index (χ0v) is 9.61. The van der Waals surface area contributed by atoms with Crippen LogP contribution in [0.4, 0.5) is 11.4 Å². The van der Waals surface area contributed by atoms with Gasteiger partial charge >= 0.3 is 0 Å². The molecule has 0 aliphatic carbocycles. The lowest BCUT2D eigenvalue weighted by Crippen LogP contribution is -2.26. The molecule has 1 radical (unpaired) electrons. The van der Waals surface area contributed by atoms with E-state index in [1.807, 2.05) is 0 Å². The van der Waals surface area contributed by atoms with Crippen molar-refractivity contribution in [1.82, 2.24) is 0 Å². The van der Waals surface area contributed by atoms with Crippen LogP contribution < -0.4 is 9.80 Å². The van der Waals surface area contributed by atoms with E-state index in [0.29, 0.717) is 0 Å². The van der Waals surface area contributed by atoms with E-state index in [2.05, 4.69) is 54.6 Å². The van der Waals surface area contributed by atoms with Crippen molar-refractivity contribution >= 4 is 11.4 Å². The van der Waals surface area contributed by atoms with E-state index in [0.717, 1.165) is 13.1 Å². The summed E-state index contributed by atoms with van der Waals surface area (Å²) in [5.41, 5.74) is 2.71. The summed E-state index contributed by atoms with van der Waals surface area (Å²) in [4.78, 5) is 4.70. The molecule has 0 bridgehead atoms. The first-order chi connectivity index (χ1) is 7.36. The molecule has 81 valence electrons. The average Bonchev–Trinajstić information content (AvgIpc) is 2.59. The lowest BCUT2D eigenvalue weighted by molar-refractivity contribution is 0.798. The van der Waals surface area contributed by atoms with Crippen molar-refractivity contribution in [3.8, 4) is 0 Å². The normalized spacial score (nSPS) is 14.5. The molecule has 0 amide bonds. The molecule has 1 heterocycles. The molecule has 15 heavy (non-hydrogen) atoms. The van der Waals surface area contributed by atoms with Gasteiger partial charge in [0.15, 0.2) is 0 Å². The van der Waals surface area contributed by atoms with Gasteiger partial charge in [0.25, 0.3) is 0 Å². The van der Waals surface area contributed by atoms with E-state index in [-0.39, 0.29) is 0 Å². The third-order valence-corrected chi connectivity index (χ3v) is 2.71. The Balaban J connectivity index is 2.22. The molecule has 2 nitrogen and oxygen atoms in total. The highest BCUT2D eigenvalue weighted by atomic mass is 15.4. The first-order valence-electron chi connectivity index (χ1n) is 5.84. The monoisotopic (exact) mass is 203 g/mol. The molecule has 2 heteroatoms. The lowest BCUT2D eigenvalue weighted by atomic mass is 10.2. The van der Waals surface area contributed by atoms with Crippen LogP contribution in [-0.2, 0) is 0 Å². The van der Waals surface area contributed by atoms with Crippen LogP contribution in [0.25, 0.3) is 0 Å². The predicted octanol–water partition coefficient (Wildman–Crippen LogP) is 3.25. The Kier molecular flexibility index (Phi) is 3.14. The molecular formula is C13H19N2. The number of para-hydroxylation sites is 2. The third-order valence-electron chi connectivity index (χ3n) is 2.71. The maximum absolute atomic E-state index is 2.35. The second kappa shape index (κ2) is 4.56. The fraction of sp³-hybridized carbons (Fsp3) is 0.462. The molecule has 1 aromatic carbocycles. The van der Waals surface area contributed by atoms with Gasteiger partial charge in [0, 0.05) is 13.1 Å². The summed E-state index contributed by atoms with van der Waals surface area (Å²) >= 11 is 0. The van der Waals surface area contributed by atoms with Gasteiger partial charge in [-0.2, -0.15) is 0 Å². The molecule has 2 rings (SSSR count). The summed E-state index contributed by atoms with van der Waals surface area (Å²) in [6.07, 6.45) is 2.37. The molecular weight excluding hydrogens is 184 g/mol. The van der Waals surface area contributed by atoms with Crippen molar-refractivity contribution in [3.05, 3.63) is 30.9 Å². The van der Waals surface area contributed by atoms with E-state index in [4.69, 9.17) is 0 Å². The highest BCUT2D eigenvalue weighted by molar-refractivity contribution is 5.78. The number of hydrogen-bond acceptors (Lipinski definition) is 2. The summed E-state index contributed by atoms with van der Waals surface area (Å²) in [6.45, 7) is 8.91. The third kappa shape index (κ3) is 1.94. The lowest BCUT2D eigenvalue weighted by Gasteiger charge is -2.19. The van der Waals surface area contributed by atoms with Gasteiger partial charge in [0.05, 0.1) is 11.4 Å². The van der Waals surface area contributed by atoms with E-state index in [1.165, 1.54) is 24.2 Å². The van der Waals surface area contributed by atoms with Crippen LogP contribution in [0.3, 0.4) is 0 Å². The van der Waals surface area contributed by atoms with Gasteiger partial charge in [-0.3, -0.25) is 0 Å². The number of anilines is 2. The van der Waals surface area contributed by atoms with Crippen LogP contribution >= 0.6 is 0 Å². The van der Waals surface area contributed by atoms with Gasteiger partial charge in [-0.05, 0) is 25.0 Å². The highest BCUT2D eigenvalue weighted by Gasteiger charge is 2.24. The molecule has 0 unspecified atom stereocenters. The van der Waals surface area contributed by atoms with Crippen molar-refractivity contribution in [2.24, 2.45) is 0 Å². The molecule has 0 spiro atoms. The predicted molar refractivity (Wildman–Crippen MR) is 66.0 cm³/mol. The maximum Gasteiger partial charge on any atom is 0.142 e. The quantitative estimate of drug-likeness (QED) is 0.741. The van der Waals surface area contributed by atoms with E-state index in [9.17, 15) is 0 Å². The van der Waals surface area contributed by atoms with Crippen molar-refractivity contribution in [2.75, 3.05) is 22.9 Å². The SMILES string of the molecule is CCCN1[CH]N(CCC)c2ccccc21. The van der Waals surface area contributed by atoms with Crippen LogP contribution in [0, 0.1) is 6.67 Å². The highest BCUT2D eigenvalue weighted by Crippen LogP contribution is 2.37. The summed E-state index contributed by atoms with van der Waals surface area (Å²) in [7, 11) is 0. The Morgan fingerprint density at radius 3 is 1.73 bits per heavy atom. The Bertz CT molecular complexity index is 291. The molecule has 0 N–H and O–H groups in total. The topological polar surface area (TPSA) is 6.48 Å². The fourth-order valence-electron chi connectivity index (χ4n) is 2.08. The van der Waals surface area contributed by atoms with Crippen molar-refractivity contribution in [1.29, 1.82) is 0 Å². The maximum atomic E-state index is 2.35. The molecule has 0 atom stereocenters. The fourth-order valence-corrected chi connectivity index (χ4v) is 2.08. The average molecular weight is 203 g/mol. The second-order valence-corrected chi connectivity index (χ2v) is 3.99. The first kappa shape index (κ1) is 10.3. The van der Waals surface area contributed by atoms with Gasteiger partial charge in [-0.1, -0.05) is 26.0 Å². The summed E-state index contributed by atoms with van der Waals surface area (Å²) in [5.74, 6) is 0. The smallest absolute Gasteiger partial charge is 0.142 e. The minimum Gasteiger partial charge on any atom is -0.346 e. The first-order valence-corrected chi connectivity index (χ1v) is 5.84. The number of benzene rings is 1. The van der Waals surface area contributed by atoms with E-state index in [1.54, 1.807) is 0 Å². The number of hydrogen-bond donors (Lipinski definition) is 0. The van der Waals surface area contributed by atoms with Gasteiger partial charge < -0.3 is 9.80 Å². The van der Waals surface area contributed by atoms with Crippen molar-refractivity contribution < 1.29 is 0 Å². The summed E-state index contributed by atoms with van der Waals surface area (Å²) in [5, 5.41) is 0. The van der Waals surface area contributed by atoms with Crippen LogP contribution in [0.15, 0.2) is 24.3 Å². The second-order valence-electron chi connectivity index (χ2n) is 3.99. The van der Waals surface area contributed by atoms with Crippen LogP contribution in [0.1, 0.15) is 26.7 Å². The van der Waals surface area contributed by atoms with Gasteiger partial charge in [0.1, 0.15) is 6.67 Å². The summed E-state index contributed by atoms with van der Waals surface area (Å²) < 4.78 is 0. The van der Waals surface area contributed by atoms with E-state index >= 15 is 0 Å². The van der Waals surface area contributed by atoms with E-state index < -0.39 is 0 Å².